The van der Waals surface area contributed by atoms with Crippen molar-refractivity contribution in [2.24, 2.45) is 0 Å². The summed E-state index contributed by atoms with van der Waals surface area (Å²) < 4.78 is 5.20. The molecule has 0 saturated carbocycles. The van der Waals surface area contributed by atoms with E-state index in [1.165, 1.54) is 0 Å². The Balaban J connectivity index is 2.32. The lowest BCUT2D eigenvalue weighted by atomic mass is 9.96. The van der Waals surface area contributed by atoms with Gasteiger partial charge in [-0.2, -0.15) is 0 Å². The number of allylic oxidation sites excluding steroid dienone is 2. The number of amides is 2. The van der Waals surface area contributed by atoms with E-state index in [0.717, 1.165) is 5.56 Å². The Labute approximate surface area is 134 Å². The van der Waals surface area contributed by atoms with Gasteiger partial charge in [0.15, 0.2) is 0 Å². The maximum Gasteiger partial charge on any atom is 0.338 e. The smallest absolute Gasteiger partial charge is 0.338 e. The summed E-state index contributed by atoms with van der Waals surface area (Å²) in [6.45, 7) is 3.71. The van der Waals surface area contributed by atoms with Gasteiger partial charge in [0.1, 0.15) is 6.61 Å². The summed E-state index contributed by atoms with van der Waals surface area (Å²) in [5.74, 6) is -0.469. The van der Waals surface area contributed by atoms with Crippen LogP contribution in [0.25, 0.3) is 0 Å². The number of hydrogen-bond donors (Lipinski definition) is 2. The van der Waals surface area contributed by atoms with E-state index in [9.17, 15) is 9.59 Å². The second kappa shape index (κ2) is 7.13. The van der Waals surface area contributed by atoms with Crippen LogP contribution in [0.3, 0.4) is 0 Å². The second-order valence-electron chi connectivity index (χ2n) is 4.79. The van der Waals surface area contributed by atoms with Crippen molar-refractivity contribution in [3.63, 3.8) is 0 Å². The minimum Gasteiger partial charge on any atom is -0.458 e. The molecule has 2 N–H and O–H groups in total. The van der Waals surface area contributed by atoms with Crippen LogP contribution in [0.15, 0.2) is 47.7 Å². The largest absolute Gasteiger partial charge is 0.458 e. The predicted octanol–water partition coefficient (Wildman–Crippen LogP) is 3.09. The zero-order valence-electron chi connectivity index (χ0n) is 12.4. The van der Waals surface area contributed by atoms with Gasteiger partial charge in [-0.15, -0.1) is 0 Å². The SMILES string of the molecule is C/C=C/COC(=O)C1=C(C)NC(=O)N[C@H]1c1ccc(Cl)cc1. The molecule has 0 saturated heterocycles. The molecule has 1 aliphatic heterocycles. The van der Waals surface area contributed by atoms with Gasteiger partial charge in [0.2, 0.25) is 0 Å². The lowest BCUT2D eigenvalue weighted by Crippen LogP contribution is -2.45. The number of hydrogen-bond acceptors (Lipinski definition) is 3. The molecule has 0 aromatic heterocycles. The number of halogens is 1. The van der Waals surface area contributed by atoms with E-state index < -0.39 is 12.0 Å². The van der Waals surface area contributed by atoms with Gasteiger partial charge >= 0.3 is 12.0 Å². The molecule has 0 aliphatic carbocycles. The average Bonchev–Trinajstić information content (AvgIpc) is 2.47. The van der Waals surface area contributed by atoms with E-state index in [1.54, 1.807) is 43.3 Å². The molecule has 0 bridgehead atoms. The van der Waals surface area contributed by atoms with Crippen molar-refractivity contribution in [2.75, 3.05) is 6.61 Å². The molecular weight excluding hydrogens is 304 g/mol. The fourth-order valence-corrected chi connectivity index (χ4v) is 2.29. The number of esters is 1. The maximum absolute atomic E-state index is 12.3. The lowest BCUT2D eigenvalue weighted by Gasteiger charge is -2.28. The zero-order valence-corrected chi connectivity index (χ0v) is 13.1. The van der Waals surface area contributed by atoms with Crippen molar-refractivity contribution in [3.05, 3.63) is 58.3 Å². The number of rotatable bonds is 4. The zero-order chi connectivity index (χ0) is 16.1. The minimum absolute atomic E-state index is 0.188. The van der Waals surface area contributed by atoms with Crippen LogP contribution in [0.1, 0.15) is 25.5 Å². The number of carbonyl (C=O) groups is 2. The normalized spacial score (nSPS) is 18.1. The molecule has 1 aromatic rings. The van der Waals surface area contributed by atoms with Gasteiger partial charge < -0.3 is 15.4 Å². The Morgan fingerprint density at radius 1 is 1.36 bits per heavy atom. The Hall–Kier alpha value is -2.27. The molecular formula is C16H17ClN2O3. The van der Waals surface area contributed by atoms with Crippen LogP contribution < -0.4 is 10.6 Å². The van der Waals surface area contributed by atoms with Crippen LogP contribution in [0, 0.1) is 0 Å². The van der Waals surface area contributed by atoms with Gasteiger partial charge in [0, 0.05) is 10.7 Å². The molecule has 2 amide bonds. The Morgan fingerprint density at radius 3 is 2.68 bits per heavy atom. The molecule has 2 rings (SSSR count). The summed E-state index contributed by atoms with van der Waals surface area (Å²) in [5, 5.41) is 5.92. The van der Waals surface area contributed by atoms with Crippen LogP contribution >= 0.6 is 11.6 Å². The van der Waals surface area contributed by atoms with Gasteiger partial charge in [0.25, 0.3) is 0 Å². The first-order valence-electron chi connectivity index (χ1n) is 6.85. The second-order valence-corrected chi connectivity index (χ2v) is 5.23. The van der Waals surface area contributed by atoms with E-state index in [4.69, 9.17) is 16.3 Å². The third-order valence-corrected chi connectivity index (χ3v) is 3.49. The van der Waals surface area contributed by atoms with E-state index in [-0.39, 0.29) is 12.6 Å². The first-order valence-corrected chi connectivity index (χ1v) is 7.22. The van der Waals surface area contributed by atoms with E-state index >= 15 is 0 Å². The molecule has 1 atom stereocenters. The van der Waals surface area contributed by atoms with E-state index in [0.29, 0.717) is 16.3 Å². The molecule has 22 heavy (non-hydrogen) atoms. The molecule has 1 aromatic carbocycles. The quantitative estimate of drug-likeness (QED) is 0.661. The maximum atomic E-state index is 12.3. The molecule has 0 radical (unpaired) electrons. The fraction of sp³-hybridized carbons (Fsp3) is 0.250. The van der Waals surface area contributed by atoms with Crippen LogP contribution in [0.5, 0.6) is 0 Å². The minimum atomic E-state index is -0.566. The molecule has 0 spiro atoms. The first kappa shape index (κ1) is 16.1. The lowest BCUT2D eigenvalue weighted by molar-refractivity contribution is -0.138. The van der Waals surface area contributed by atoms with Gasteiger partial charge in [-0.25, -0.2) is 9.59 Å². The summed E-state index contributed by atoms with van der Waals surface area (Å²) in [6.07, 6.45) is 3.53. The standard InChI is InChI=1S/C16H17ClN2O3/c1-3-4-9-22-15(20)13-10(2)18-16(21)19-14(13)11-5-7-12(17)8-6-11/h3-8,14H,9H2,1-2H3,(H2,18,19,21)/b4-3+/t14-/m0/s1. The van der Waals surface area contributed by atoms with Gasteiger partial charge in [-0.3, -0.25) is 0 Å². The highest BCUT2D eigenvalue weighted by Gasteiger charge is 2.31. The summed E-state index contributed by atoms with van der Waals surface area (Å²) in [6, 6.07) is 6.04. The van der Waals surface area contributed by atoms with Gasteiger partial charge in [-0.05, 0) is 31.5 Å². The molecule has 0 unspecified atom stereocenters. The number of benzene rings is 1. The Kier molecular flexibility index (Phi) is 5.22. The molecule has 0 fully saturated rings. The topological polar surface area (TPSA) is 67.4 Å². The monoisotopic (exact) mass is 320 g/mol. The van der Waals surface area contributed by atoms with Crippen LogP contribution in [0.4, 0.5) is 4.79 Å². The first-order chi connectivity index (χ1) is 10.5. The Bertz CT molecular complexity index is 635. The third kappa shape index (κ3) is 3.68. The molecule has 5 nitrogen and oxygen atoms in total. The van der Waals surface area contributed by atoms with Gasteiger partial charge in [-0.1, -0.05) is 35.9 Å². The van der Waals surface area contributed by atoms with Crippen molar-refractivity contribution in [1.82, 2.24) is 10.6 Å². The summed E-state index contributed by atoms with van der Waals surface area (Å²) >= 11 is 5.88. The van der Waals surface area contributed by atoms with Crippen molar-refractivity contribution in [3.8, 4) is 0 Å². The summed E-state index contributed by atoms with van der Waals surface area (Å²) in [5.41, 5.74) is 1.62. The molecule has 6 heteroatoms. The van der Waals surface area contributed by atoms with Crippen LogP contribution in [-0.2, 0) is 9.53 Å². The highest BCUT2D eigenvalue weighted by Crippen LogP contribution is 2.28. The average molecular weight is 321 g/mol. The molecule has 1 aliphatic rings. The number of ether oxygens (including phenoxy) is 1. The predicted molar refractivity (Wildman–Crippen MR) is 84.3 cm³/mol. The van der Waals surface area contributed by atoms with Crippen molar-refractivity contribution < 1.29 is 14.3 Å². The highest BCUT2D eigenvalue weighted by molar-refractivity contribution is 6.30. The van der Waals surface area contributed by atoms with E-state index in [1.807, 2.05) is 6.92 Å². The van der Waals surface area contributed by atoms with Crippen molar-refractivity contribution in [1.29, 1.82) is 0 Å². The number of nitrogens with one attached hydrogen (secondary N) is 2. The number of carbonyl (C=O) groups excluding carboxylic acids is 2. The van der Waals surface area contributed by atoms with Crippen LogP contribution in [-0.4, -0.2) is 18.6 Å². The molecule has 116 valence electrons. The Morgan fingerprint density at radius 2 is 2.05 bits per heavy atom. The van der Waals surface area contributed by atoms with E-state index in [2.05, 4.69) is 10.6 Å². The van der Waals surface area contributed by atoms with Gasteiger partial charge in [0.05, 0.1) is 11.6 Å². The van der Waals surface area contributed by atoms with Crippen molar-refractivity contribution >= 4 is 23.6 Å². The van der Waals surface area contributed by atoms with Crippen molar-refractivity contribution in [2.45, 2.75) is 19.9 Å². The van der Waals surface area contributed by atoms with Crippen LogP contribution in [0.2, 0.25) is 5.02 Å². The summed E-state index contributed by atoms with van der Waals surface area (Å²) in [7, 11) is 0. The highest BCUT2D eigenvalue weighted by atomic mass is 35.5. The number of urea groups is 1. The molecule has 1 heterocycles. The third-order valence-electron chi connectivity index (χ3n) is 3.24. The summed E-state index contributed by atoms with van der Waals surface area (Å²) in [4.78, 5) is 24.0. The fourth-order valence-electron chi connectivity index (χ4n) is 2.17.